The standard InChI is InChI=1S/C32H41N3O5S/c1-7-40-29-19-12-11-18-27(29)35(41(6,38)39)23-30(36)34(22-26-17-13-14-24(2)20-26)28(31(37)33-32(3,4)5)21-25-15-9-8-10-16-25/h8-20,28H,7,21-23H2,1-6H3,(H,33,37)/t28-/m0/s1. The molecule has 0 aliphatic heterocycles. The van der Waals surface area contributed by atoms with Crippen molar-refractivity contribution in [3.05, 3.63) is 95.6 Å². The van der Waals surface area contributed by atoms with E-state index >= 15 is 0 Å². The number of carbonyl (C=O) groups is 2. The second-order valence-electron chi connectivity index (χ2n) is 11.1. The molecule has 0 radical (unpaired) electrons. The largest absolute Gasteiger partial charge is 0.492 e. The monoisotopic (exact) mass is 579 g/mol. The summed E-state index contributed by atoms with van der Waals surface area (Å²) in [7, 11) is -3.90. The Labute approximate surface area is 244 Å². The quantitative estimate of drug-likeness (QED) is 0.335. The van der Waals surface area contributed by atoms with Gasteiger partial charge in [0.15, 0.2) is 0 Å². The number of sulfonamides is 1. The number of ether oxygens (including phenoxy) is 1. The molecule has 0 heterocycles. The Morgan fingerprint density at radius 1 is 0.927 bits per heavy atom. The zero-order chi connectivity index (χ0) is 30.2. The van der Waals surface area contributed by atoms with Crippen molar-refractivity contribution in [3.8, 4) is 5.75 Å². The van der Waals surface area contributed by atoms with Crippen molar-refractivity contribution in [2.75, 3.05) is 23.7 Å². The Kier molecular flexibility index (Phi) is 10.6. The summed E-state index contributed by atoms with van der Waals surface area (Å²) in [6.45, 7) is 9.36. The SMILES string of the molecule is CCOc1ccccc1N(CC(=O)N(Cc1cccc(C)c1)[C@@H](Cc1ccccc1)C(=O)NC(C)(C)C)S(C)(=O)=O. The molecule has 41 heavy (non-hydrogen) atoms. The zero-order valence-electron chi connectivity index (χ0n) is 24.8. The zero-order valence-corrected chi connectivity index (χ0v) is 25.6. The molecule has 0 aliphatic carbocycles. The third-order valence-corrected chi connectivity index (χ3v) is 7.44. The van der Waals surface area contributed by atoms with Gasteiger partial charge in [0.2, 0.25) is 21.8 Å². The molecule has 0 saturated carbocycles. The first-order valence-corrected chi connectivity index (χ1v) is 15.5. The predicted octanol–water partition coefficient (Wildman–Crippen LogP) is 4.71. The van der Waals surface area contributed by atoms with Gasteiger partial charge < -0.3 is 15.0 Å². The molecular formula is C32H41N3O5S. The smallest absolute Gasteiger partial charge is 0.244 e. The lowest BCUT2D eigenvalue weighted by molar-refractivity contribution is -0.140. The number of amides is 2. The first kappa shape index (κ1) is 31.7. The normalized spacial score (nSPS) is 12.3. The van der Waals surface area contributed by atoms with Crippen LogP contribution in [0.3, 0.4) is 0 Å². The lowest BCUT2D eigenvalue weighted by Gasteiger charge is -2.35. The van der Waals surface area contributed by atoms with Crippen LogP contribution in [0.15, 0.2) is 78.9 Å². The number of aryl methyl sites for hydroxylation is 1. The Balaban J connectivity index is 2.10. The van der Waals surface area contributed by atoms with Crippen LogP contribution in [-0.2, 0) is 32.6 Å². The molecule has 9 heteroatoms. The summed E-state index contributed by atoms with van der Waals surface area (Å²) in [4.78, 5) is 29.5. The van der Waals surface area contributed by atoms with E-state index in [2.05, 4.69) is 5.32 Å². The first-order chi connectivity index (χ1) is 19.3. The summed E-state index contributed by atoms with van der Waals surface area (Å²) in [5.74, 6) is -0.471. The molecule has 0 bridgehead atoms. The molecule has 0 saturated heterocycles. The van der Waals surface area contributed by atoms with E-state index in [1.165, 1.54) is 4.90 Å². The number of rotatable bonds is 12. The summed E-state index contributed by atoms with van der Waals surface area (Å²) in [5, 5.41) is 3.03. The molecule has 8 nitrogen and oxygen atoms in total. The lowest BCUT2D eigenvalue weighted by atomic mass is 10.0. The average molecular weight is 580 g/mol. The molecule has 3 rings (SSSR count). The number of benzene rings is 3. The summed E-state index contributed by atoms with van der Waals surface area (Å²) in [5.41, 5.74) is 2.45. The third-order valence-electron chi connectivity index (χ3n) is 6.32. The van der Waals surface area contributed by atoms with Crippen molar-refractivity contribution < 1.29 is 22.7 Å². The fourth-order valence-corrected chi connectivity index (χ4v) is 5.40. The topological polar surface area (TPSA) is 96.0 Å². The minimum atomic E-state index is -3.90. The summed E-state index contributed by atoms with van der Waals surface area (Å²) in [6, 6.07) is 23.0. The highest BCUT2D eigenvalue weighted by molar-refractivity contribution is 7.92. The van der Waals surface area contributed by atoms with Gasteiger partial charge in [0.05, 0.1) is 18.6 Å². The maximum Gasteiger partial charge on any atom is 0.244 e. The molecule has 3 aromatic carbocycles. The molecule has 2 amide bonds. The van der Waals surface area contributed by atoms with Crippen LogP contribution in [0.2, 0.25) is 0 Å². The molecule has 0 spiro atoms. The van der Waals surface area contributed by atoms with E-state index in [-0.39, 0.29) is 24.6 Å². The van der Waals surface area contributed by atoms with Crippen LogP contribution in [0.5, 0.6) is 5.75 Å². The number of para-hydroxylation sites is 2. The molecule has 0 aliphatic rings. The van der Waals surface area contributed by atoms with E-state index in [9.17, 15) is 18.0 Å². The number of hydrogen-bond acceptors (Lipinski definition) is 5. The van der Waals surface area contributed by atoms with Gasteiger partial charge in [0, 0.05) is 18.5 Å². The summed E-state index contributed by atoms with van der Waals surface area (Å²) in [6.07, 6.45) is 1.32. The van der Waals surface area contributed by atoms with Crippen molar-refractivity contribution in [1.29, 1.82) is 0 Å². The molecule has 3 aromatic rings. The maximum absolute atomic E-state index is 14.2. The van der Waals surface area contributed by atoms with Gasteiger partial charge in [-0.1, -0.05) is 72.3 Å². The fourth-order valence-electron chi connectivity index (χ4n) is 4.55. The van der Waals surface area contributed by atoms with Gasteiger partial charge in [-0.2, -0.15) is 0 Å². The van der Waals surface area contributed by atoms with Gasteiger partial charge in [-0.15, -0.1) is 0 Å². The third kappa shape index (κ3) is 9.35. The highest BCUT2D eigenvalue weighted by Crippen LogP contribution is 2.30. The lowest BCUT2D eigenvalue weighted by Crippen LogP contribution is -2.56. The van der Waals surface area contributed by atoms with E-state index in [1.54, 1.807) is 31.2 Å². The van der Waals surface area contributed by atoms with E-state index in [0.29, 0.717) is 12.4 Å². The molecule has 0 fully saturated rings. The van der Waals surface area contributed by atoms with Crippen LogP contribution in [0, 0.1) is 6.92 Å². The van der Waals surface area contributed by atoms with Gasteiger partial charge in [-0.3, -0.25) is 13.9 Å². The molecule has 1 N–H and O–H groups in total. The second-order valence-corrected chi connectivity index (χ2v) is 13.0. The average Bonchev–Trinajstić information content (AvgIpc) is 2.89. The predicted molar refractivity (Wildman–Crippen MR) is 163 cm³/mol. The second kappa shape index (κ2) is 13.7. The van der Waals surface area contributed by atoms with E-state index in [4.69, 9.17) is 4.74 Å². The summed E-state index contributed by atoms with van der Waals surface area (Å²) < 4.78 is 32.8. The number of nitrogens with zero attached hydrogens (tertiary/aromatic N) is 2. The van der Waals surface area contributed by atoms with Crippen molar-refractivity contribution in [2.24, 2.45) is 0 Å². The Morgan fingerprint density at radius 2 is 1.56 bits per heavy atom. The number of nitrogens with one attached hydrogen (secondary N) is 1. The van der Waals surface area contributed by atoms with Crippen molar-refractivity contribution in [3.63, 3.8) is 0 Å². The Bertz CT molecular complexity index is 1430. The Morgan fingerprint density at radius 3 is 2.17 bits per heavy atom. The van der Waals surface area contributed by atoms with Crippen LogP contribution in [0.25, 0.3) is 0 Å². The molecule has 0 aromatic heterocycles. The van der Waals surface area contributed by atoms with Gasteiger partial charge in [-0.05, 0) is 57.9 Å². The molecule has 0 unspecified atom stereocenters. The van der Waals surface area contributed by atoms with Crippen LogP contribution in [-0.4, -0.2) is 56.1 Å². The van der Waals surface area contributed by atoms with Crippen molar-refractivity contribution in [2.45, 2.75) is 59.2 Å². The van der Waals surface area contributed by atoms with Crippen LogP contribution in [0.4, 0.5) is 5.69 Å². The fraction of sp³-hybridized carbons (Fsp3) is 0.375. The number of carbonyl (C=O) groups excluding carboxylic acids is 2. The minimum Gasteiger partial charge on any atom is -0.492 e. The molecule has 1 atom stereocenters. The molecule has 220 valence electrons. The van der Waals surface area contributed by atoms with E-state index in [1.807, 2.05) is 82.3 Å². The maximum atomic E-state index is 14.2. The molecular weight excluding hydrogens is 538 g/mol. The van der Waals surface area contributed by atoms with Crippen molar-refractivity contribution >= 4 is 27.5 Å². The Hall–Kier alpha value is -3.85. The van der Waals surface area contributed by atoms with E-state index < -0.39 is 34.1 Å². The van der Waals surface area contributed by atoms with Crippen LogP contribution >= 0.6 is 0 Å². The first-order valence-electron chi connectivity index (χ1n) is 13.7. The number of hydrogen-bond donors (Lipinski definition) is 1. The van der Waals surface area contributed by atoms with Crippen LogP contribution in [0.1, 0.15) is 44.4 Å². The highest BCUT2D eigenvalue weighted by atomic mass is 32.2. The van der Waals surface area contributed by atoms with Gasteiger partial charge in [-0.25, -0.2) is 8.42 Å². The highest BCUT2D eigenvalue weighted by Gasteiger charge is 2.34. The minimum absolute atomic E-state index is 0.125. The van der Waals surface area contributed by atoms with Gasteiger partial charge in [0.25, 0.3) is 0 Å². The number of anilines is 1. The van der Waals surface area contributed by atoms with Crippen LogP contribution < -0.4 is 14.4 Å². The summed E-state index contributed by atoms with van der Waals surface area (Å²) >= 11 is 0. The van der Waals surface area contributed by atoms with E-state index in [0.717, 1.165) is 27.3 Å². The van der Waals surface area contributed by atoms with Gasteiger partial charge in [0.1, 0.15) is 18.3 Å². The van der Waals surface area contributed by atoms with Crippen molar-refractivity contribution in [1.82, 2.24) is 10.2 Å². The van der Waals surface area contributed by atoms with Gasteiger partial charge >= 0.3 is 0 Å².